The summed E-state index contributed by atoms with van der Waals surface area (Å²) < 4.78 is 109. The molecule has 0 bridgehead atoms. The first kappa shape index (κ1) is 35.3. The molecule has 0 radical (unpaired) electrons. The fourth-order valence-corrected chi connectivity index (χ4v) is 2.52. The van der Waals surface area contributed by atoms with Gasteiger partial charge in [0.15, 0.2) is 10.1 Å². The Kier molecular flexibility index (Phi) is 16.2. The van der Waals surface area contributed by atoms with Gasteiger partial charge in [0.25, 0.3) is 6.36 Å². The molecule has 1 atom stereocenters. The highest BCUT2D eigenvalue weighted by Crippen LogP contribution is 2.32. The lowest BCUT2D eigenvalue weighted by Crippen LogP contribution is -3.00. The van der Waals surface area contributed by atoms with Crippen molar-refractivity contribution in [2.45, 2.75) is 70.6 Å². The van der Waals surface area contributed by atoms with Crippen LogP contribution in [0, 0.1) is 0 Å². The van der Waals surface area contributed by atoms with E-state index < -0.39 is 28.1 Å². The molecule has 0 aromatic carbocycles. The summed E-state index contributed by atoms with van der Waals surface area (Å²) in [4.78, 5) is 0. The van der Waals surface area contributed by atoms with E-state index >= 15 is 0 Å². The number of imidazole rings is 2. The molecular weight excluding hydrogens is 530 g/mol. The highest BCUT2D eigenvalue weighted by molar-refractivity contribution is 7.86. The molecule has 0 amide bonds. The van der Waals surface area contributed by atoms with Gasteiger partial charge in [-0.05, 0) is 12.8 Å². The standard InChI is InChI=1S/2C8H15N2.C3H2F6O4S.ClH/c2*1-3-4-5-10-7-6-9(2)8-10;4-1(13-3(7,8)9)2(5,6)14(10,11)12;/h2*6-8H,3-5H2,1-2H3;1H,(H,10,11,12);1H/q2*+1;;/p-2. The first-order chi connectivity index (χ1) is 15.5. The van der Waals surface area contributed by atoms with Crippen molar-refractivity contribution in [2.75, 3.05) is 0 Å². The molecule has 0 aliphatic heterocycles. The first-order valence-electron chi connectivity index (χ1n) is 10.3. The van der Waals surface area contributed by atoms with Crippen molar-refractivity contribution in [3.63, 3.8) is 0 Å². The van der Waals surface area contributed by atoms with Crippen LogP contribution in [0.5, 0.6) is 0 Å². The van der Waals surface area contributed by atoms with E-state index in [2.05, 4.69) is 69.6 Å². The van der Waals surface area contributed by atoms with Gasteiger partial charge >= 0.3 is 11.6 Å². The molecule has 2 rings (SSSR count). The predicted octanol–water partition coefficient (Wildman–Crippen LogP) is 0.186. The molecule has 8 nitrogen and oxygen atoms in total. The quantitative estimate of drug-likeness (QED) is 0.249. The Morgan fingerprint density at radius 3 is 1.51 bits per heavy atom. The van der Waals surface area contributed by atoms with Gasteiger partial charge in [0.1, 0.15) is 24.8 Å². The molecule has 0 N–H and O–H groups in total. The van der Waals surface area contributed by atoms with Crippen LogP contribution in [-0.2, 0) is 42.0 Å². The van der Waals surface area contributed by atoms with Gasteiger partial charge in [0.05, 0.1) is 27.2 Å². The molecule has 0 saturated carbocycles. The Hall–Kier alpha value is -1.84. The summed E-state index contributed by atoms with van der Waals surface area (Å²) in [6, 6.07) is 0. The van der Waals surface area contributed by atoms with E-state index in [-0.39, 0.29) is 12.4 Å². The Bertz CT molecular complexity index is 894. The van der Waals surface area contributed by atoms with Gasteiger partial charge < -0.3 is 17.0 Å². The molecule has 0 spiro atoms. The van der Waals surface area contributed by atoms with Crippen molar-refractivity contribution in [3.05, 3.63) is 37.4 Å². The van der Waals surface area contributed by atoms with E-state index in [1.807, 2.05) is 18.8 Å². The second kappa shape index (κ2) is 16.0. The predicted molar refractivity (Wildman–Crippen MR) is 108 cm³/mol. The van der Waals surface area contributed by atoms with Gasteiger partial charge in [0.2, 0.25) is 12.7 Å². The van der Waals surface area contributed by atoms with E-state index in [0.717, 1.165) is 13.1 Å². The lowest BCUT2D eigenvalue weighted by atomic mass is 10.3. The fourth-order valence-electron chi connectivity index (χ4n) is 2.25. The van der Waals surface area contributed by atoms with Crippen LogP contribution < -0.4 is 21.5 Å². The number of nitrogens with zero attached hydrogens (tertiary/aromatic N) is 4. The molecule has 35 heavy (non-hydrogen) atoms. The van der Waals surface area contributed by atoms with Gasteiger partial charge in [-0.15, -0.1) is 13.2 Å². The van der Waals surface area contributed by atoms with Gasteiger partial charge in [-0.1, -0.05) is 26.7 Å². The lowest BCUT2D eigenvalue weighted by Gasteiger charge is -2.23. The summed E-state index contributed by atoms with van der Waals surface area (Å²) in [7, 11) is -2.47. The summed E-state index contributed by atoms with van der Waals surface area (Å²) in [6.45, 7) is 6.72. The van der Waals surface area contributed by atoms with Crippen LogP contribution in [0.15, 0.2) is 37.4 Å². The van der Waals surface area contributed by atoms with Crippen molar-refractivity contribution in [3.8, 4) is 0 Å². The number of aryl methyl sites for hydroxylation is 4. The van der Waals surface area contributed by atoms with Crippen LogP contribution in [-0.4, -0.2) is 40.1 Å². The zero-order valence-electron chi connectivity index (χ0n) is 19.8. The first-order valence-corrected chi connectivity index (χ1v) is 11.7. The second-order valence-corrected chi connectivity index (χ2v) is 8.69. The minimum atomic E-state index is -6.56. The summed E-state index contributed by atoms with van der Waals surface area (Å²) in [5, 5.41) is -5.79. The number of alkyl halides is 6. The van der Waals surface area contributed by atoms with Crippen molar-refractivity contribution in [1.29, 1.82) is 0 Å². The van der Waals surface area contributed by atoms with Crippen LogP contribution in [0.4, 0.5) is 26.3 Å². The monoisotopic (exact) mass is 560 g/mol. The molecule has 0 aliphatic carbocycles. The maximum absolute atomic E-state index is 12.0. The highest BCUT2D eigenvalue weighted by atomic mass is 35.5. The van der Waals surface area contributed by atoms with Crippen molar-refractivity contribution in [2.24, 2.45) is 14.1 Å². The Balaban J connectivity index is 0. The summed E-state index contributed by atoms with van der Waals surface area (Å²) >= 11 is 0. The van der Waals surface area contributed by atoms with E-state index in [0.29, 0.717) is 0 Å². The largest absolute Gasteiger partial charge is 1.00 e. The number of hydrogen-bond acceptors (Lipinski definition) is 4. The number of rotatable bonds is 9. The van der Waals surface area contributed by atoms with Crippen LogP contribution in [0.3, 0.4) is 0 Å². The van der Waals surface area contributed by atoms with Gasteiger partial charge in [-0.25, -0.2) is 35.8 Å². The van der Waals surface area contributed by atoms with E-state index in [1.54, 1.807) is 0 Å². The third kappa shape index (κ3) is 15.0. The van der Waals surface area contributed by atoms with Gasteiger partial charge in [-0.2, -0.15) is 8.78 Å². The molecule has 2 heterocycles. The zero-order valence-corrected chi connectivity index (χ0v) is 21.3. The molecule has 16 heteroatoms. The molecule has 2 aromatic heterocycles. The van der Waals surface area contributed by atoms with Crippen LogP contribution >= 0.6 is 0 Å². The maximum Gasteiger partial charge on any atom is 0.525 e. The summed E-state index contributed by atoms with van der Waals surface area (Å²) in [5.74, 6) is 0. The maximum atomic E-state index is 12.0. The van der Waals surface area contributed by atoms with Crippen LogP contribution in [0.25, 0.3) is 0 Å². The number of unbranched alkanes of at least 4 members (excludes halogenated alkanes) is 2. The van der Waals surface area contributed by atoms with E-state index in [9.17, 15) is 39.3 Å². The average Bonchev–Trinajstić information content (AvgIpc) is 3.31. The second-order valence-electron chi connectivity index (χ2n) is 7.24. The molecular formula is C19H31ClF6N4O4S. The molecule has 1 unspecified atom stereocenters. The SMILES string of the molecule is CCCCn1cc[n+](C)c1.CCCCn1cc[n+](C)c1.O=S(=O)([O-])C(F)(F)C(F)OC(F)(F)F.[Cl-]. The summed E-state index contributed by atoms with van der Waals surface area (Å²) in [6.07, 6.45) is 7.23. The number of aromatic nitrogens is 4. The smallest absolute Gasteiger partial charge is 0.525 e. The Morgan fingerprint density at radius 1 is 0.914 bits per heavy atom. The zero-order chi connectivity index (χ0) is 26.6. The number of ether oxygens (including phenoxy) is 1. The molecule has 206 valence electrons. The van der Waals surface area contributed by atoms with Crippen LogP contribution in [0.1, 0.15) is 39.5 Å². The van der Waals surface area contributed by atoms with Crippen LogP contribution in [0.2, 0.25) is 0 Å². The van der Waals surface area contributed by atoms with Gasteiger partial charge in [0, 0.05) is 0 Å². The van der Waals surface area contributed by atoms with Gasteiger partial charge in [-0.3, -0.25) is 0 Å². The lowest BCUT2D eigenvalue weighted by molar-refractivity contribution is -0.671. The minimum absolute atomic E-state index is 0. The normalized spacial score (nSPS) is 12.5. The van der Waals surface area contributed by atoms with Crippen molar-refractivity contribution in [1.82, 2.24) is 9.13 Å². The molecule has 0 aliphatic rings. The topological polar surface area (TPSA) is 84.0 Å². The third-order valence-electron chi connectivity index (χ3n) is 4.02. The Morgan fingerprint density at radius 2 is 1.29 bits per heavy atom. The van der Waals surface area contributed by atoms with Crippen molar-refractivity contribution < 1.29 is 65.6 Å². The fraction of sp³-hybridized carbons (Fsp3) is 0.684. The van der Waals surface area contributed by atoms with E-state index in [1.165, 1.54) is 25.7 Å². The molecule has 0 saturated heterocycles. The molecule has 0 fully saturated rings. The number of halogens is 7. The average molecular weight is 561 g/mol. The summed E-state index contributed by atoms with van der Waals surface area (Å²) in [5.41, 5.74) is 0. The number of hydrogen-bond donors (Lipinski definition) is 0. The highest BCUT2D eigenvalue weighted by Gasteiger charge is 2.53. The minimum Gasteiger partial charge on any atom is -1.00 e. The van der Waals surface area contributed by atoms with E-state index in [4.69, 9.17) is 0 Å². The molecule has 2 aromatic rings. The van der Waals surface area contributed by atoms with Crippen molar-refractivity contribution >= 4 is 10.1 Å². The Labute approximate surface area is 207 Å². The third-order valence-corrected chi connectivity index (χ3v) is 4.87.